The molecule has 180 valence electrons. The van der Waals surface area contributed by atoms with Gasteiger partial charge in [-0.15, -0.1) is 0 Å². The standard InChI is InChI=1S/C28H28N8/c1-3-29-11-19-9-22(13-30-12-19)21-7-6-20-5-4-8-32-26(23(20)10-21)28-34-24-14-31-15-25(27(24)35-28)36-16-18(2)33-17-36/h6-7,9-10,12-17,29H,3-5,8,11H2,1-2H3,(H,34,35). The molecule has 1 aromatic carbocycles. The number of aromatic nitrogens is 6. The van der Waals surface area contributed by atoms with E-state index in [1.54, 1.807) is 6.33 Å². The van der Waals surface area contributed by atoms with Crippen molar-refractivity contribution >= 4 is 16.7 Å². The minimum Gasteiger partial charge on any atom is -0.335 e. The van der Waals surface area contributed by atoms with Crippen LogP contribution < -0.4 is 5.32 Å². The average molecular weight is 477 g/mol. The molecule has 4 aromatic heterocycles. The molecule has 1 aliphatic heterocycles. The van der Waals surface area contributed by atoms with Crippen LogP contribution in [0.3, 0.4) is 0 Å². The molecular formula is C28H28N8. The Morgan fingerprint density at radius 3 is 2.83 bits per heavy atom. The lowest BCUT2D eigenvalue weighted by Crippen LogP contribution is -2.11. The number of benzene rings is 1. The fourth-order valence-corrected chi connectivity index (χ4v) is 4.73. The van der Waals surface area contributed by atoms with Gasteiger partial charge in [-0.3, -0.25) is 15.0 Å². The van der Waals surface area contributed by atoms with Crippen molar-refractivity contribution in [1.29, 1.82) is 0 Å². The molecule has 0 radical (unpaired) electrons. The number of fused-ring (bicyclic) bond motifs is 2. The van der Waals surface area contributed by atoms with Gasteiger partial charge in [-0.05, 0) is 55.1 Å². The van der Waals surface area contributed by atoms with Gasteiger partial charge in [-0.1, -0.05) is 19.1 Å². The summed E-state index contributed by atoms with van der Waals surface area (Å²) in [6.07, 6.45) is 13.3. The van der Waals surface area contributed by atoms with E-state index in [2.05, 4.69) is 56.4 Å². The van der Waals surface area contributed by atoms with Crippen molar-refractivity contribution in [3.05, 3.63) is 89.8 Å². The van der Waals surface area contributed by atoms with E-state index in [1.165, 1.54) is 11.1 Å². The highest BCUT2D eigenvalue weighted by Crippen LogP contribution is 2.28. The first-order valence-corrected chi connectivity index (χ1v) is 12.4. The van der Waals surface area contributed by atoms with E-state index < -0.39 is 0 Å². The second kappa shape index (κ2) is 9.47. The summed E-state index contributed by atoms with van der Waals surface area (Å²) < 4.78 is 1.96. The molecule has 0 saturated heterocycles. The lowest BCUT2D eigenvalue weighted by molar-refractivity contribution is 0.724. The summed E-state index contributed by atoms with van der Waals surface area (Å²) in [5.74, 6) is 0.760. The molecule has 8 nitrogen and oxygen atoms in total. The SMILES string of the molecule is CCNCc1cncc(-c2ccc3c(c2)C(c2nc4c(-n5cnc(C)c5)cncc4[nH]2)=NCCC3)c1. The van der Waals surface area contributed by atoms with Crippen LogP contribution in [0, 0.1) is 6.92 Å². The Hall–Kier alpha value is -4.17. The molecule has 5 aromatic rings. The number of rotatable bonds is 6. The number of imidazole rings is 2. The molecule has 8 heteroatoms. The number of aromatic amines is 1. The Morgan fingerprint density at radius 2 is 1.97 bits per heavy atom. The molecule has 0 aliphatic carbocycles. The van der Waals surface area contributed by atoms with Crippen molar-refractivity contribution in [3.8, 4) is 16.8 Å². The maximum Gasteiger partial charge on any atom is 0.157 e. The molecule has 0 saturated carbocycles. The van der Waals surface area contributed by atoms with Crippen LogP contribution in [0.5, 0.6) is 0 Å². The summed E-state index contributed by atoms with van der Waals surface area (Å²) in [7, 11) is 0. The minimum absolute atomic E-state index is 0.760. The third kappa shape index (κ3) is 4.20. The highest BCUT2D eigenvalue weighted by Gasteiger charge is 2.20. The predicted molar refractivity (Wildman–Crippen MR) is 142 cm³/mol. The number of H-pyrrole nitrogens is 1. The van der Waals surface area contributed by atoms with Crippen LogP contribution in [0.15, 0.2) is 66.6 Å². The van der Waals surface area contributed by atoms with Crippen LogP contribution in [0.2, 0.25) is 0 Å². The molecular weight excluding hydrogens is 448 g/mol. The van der Waals surface area contributed by atoms with Crippen LogP contribution in [-0.2, 0) is 13.0 Å². The van der Waals surface area contributed by atoms with Crippen LogP contribution in [0.4, 0.5) is 0 Å². The average Bonchev–Trinajstić information content (AvgIpc) is 3.48. The van der Waals surface area contributed by atoms with Crippen molar-refractivity contribution in [1.82, 2.24) is 34.8 Å². The molecule has 6 rings (SSSR count). The Labute approximate surface area is 209 Å². The maximum atomic E-state index is 5.02. The first-order valence-electron chi connectivity index (χ1n) is 12.4. The predicted octanol–water partition coefficient (Wildman–Crippen LogP) is 4.41. The lowest BCUT2D eigenvalue weighted by Gasteiger charge is -2.12. The Kier molecular flexibility index (Phi) is 5.87. The fraction of sp³-hybridized carbons (Fsp3) is 0.250. The summed E-state index contributed by atoms with van der Waals surface area (Å²) in [5.41, 5.74) is 10.3. The van der Waals surface area contributed by atoms with Gasteiger partial charge in [0.15, 0.2) is 5.82 Å². The number of nitrogens with one attached hydrogen (secondary N) is 2. The van der Waals surface area contributed by atoms with E-state index >= 15 is 0 Å². The molecule has 1 aliphatic rings. The molecule has 0 fully saturated rings. The van der Waals surface area contributed by atoms with Crippen molar-refractivity contribution in [3.63, 3.8) is 0 Å². The van der Waals surface area contributed by atoms with Crippen LogP contribution in [0.1, 0.15) is 41.6 Å². The van der Waals surface area contributed by atoms with Crippen LogP contribution in [-0.4, -0.2) is 48.3 Å². The normalized spacial score (nSPS) is 13.4. The van der Waals surface area contributed by atoms with Gasteiger partial charge in [0.25, 0.3) is 0 Å². The van der Waals surface area contributed by atoms with Crippen LogP contribution in [0.25, 0.3) is 27.8 Å². The topological polar surface area (TPSA) is 96.7 Å². The fourth-order valence-electron chi connectivity index (χ4n) is 4.73. The molecule has 36 heavy (non-hydrogen) atoms. The van der Waals surface area contributed by atoms with Crippen molar-refractivity contribution < 1.29 is 0 Å². The third-order valence-electron chi connectivity index (χ3n) is 6.54. The zero-order valence-electron chi connectivity index (χ0n) is 20.5. The molecule has 0 atom stereocenters. The number of aliphatic imine (C=N–C) groups is 1. The summed E-state index contributed by atoms with van der Waals surface area (Å²) in [5, 5.41) is 3.38. The number of nitrogens with zero attached hydrogens (tertiary/aromatic N) is 6. The van der Waals surface area contributed by atoms with Gasteiger partial charge in [-0.2, -0.15) is 0 Å². The van der Waals surface area contributed by atoms with Gasteiger partial charge in [0.2, 0.25) is 0 Å². The number of hydrogen-bond donors (Lipinski definition) is 2. The molecule has 0 spiro atoms. The van der Waals surface area contributed by atoms with Gasteiger partial charge in [0, 0.05) is 42.8 Å². The van der Waals surface area contributed by atoms with Gasteiger partial charge in [0.05, 0.1) is 35.6 Å². The molecule has 0 unspecified atom stereocenters. The summed E-state index contributed by atoms with van der Waals surface area (Å²) in [6, 6.07) is 8.86. The molecule has 2 N–H and O–H groups in total. The van der Waals surface area contributed by atoms with E-state index in [1.807, 2.05) is 42.5 Å². The van der Waals surface area contributed by atoms with Gasteiger partial charge in [0.1, 0.15) is 11.2 Å². The van der Waals surface area contributed by atoms with E-state index in [-0.39, 0.29) is 0 Å². The van der Waals surface area contributed by atoms with Crippen molar-refractivity contribution in [2.75, 3.05) is 13.1 Å². The molecule has 0 bridgehead atoms. The Morgan fingerprint density at radius 1 is 1.06 bits per heavy atom. The number of pyridine rings is 2. The number of hydrogen-bond acceptors (Lipinski definition) is 6. The van der Waals surface area contributed by atoms with E-state index in [0.717, 1.165) is 83.1 Å². The quantitative estimate of drug-likeness (QED) is 0.378. The monoisotopic (exact) mass is 476 g/mol. The smallest absolute Gasteiger partial charge is 0.157 e. The molecule has 5 heterocycles. The first kappa shape index (κ1) is 22.3. The largest absolute Gasteiger partial charge is 0.335 e. The zero-order valence-corrected chi connectivity index (χ0v) is 20.5. The molecule has 0 amide bonds. The maximum absolute atomic E-state index is 5.02. The number of aryl methyl sites for hydroxylation is 2. The highest BCUT2D eigenvalue weighted by atomic mass is 15.1. The Bertz CT molecular complexity index is 1580. The second-order valence-electron chi connectivity index (χ2n) is 9.13. The van der Waals surface area contributed by atoms with E-state index in [9.17, 15) is 0 Å². The third-order valence-corrected chi connectivity index (χ3v) is 6.54. The van der Waals surface area contributed by atoms with E-state index in [4.69, 9.17) is 9.98 Å². The van der Waals surface area contributed by atoms with Crippen molar-refractivity contribution in [2.45, 2.75) is 33.2 Å². The highest BCUT2D eigenvalue weighted by molar-refractivity contribution is 6.13. The lowest BCUT2D eigenvalue weighted by atomic mass is 9.94. The minimum atomic E-state index is 0.760. The Balaban J connectivity index is 1.43. The first-order chi connectivity index (χ1) is 17.7. The summed E-state index contributed by atoms with van der Waals surface area (Å²) in [6.45, 7) is 6.58. The summed E-state index contributed by atoms with van der Waals surface area (Å²) in [4.78, 5) is 26.8. The van der Waals surface area contributed by atoms with Gasteiger partial charge >= 0.3 is 0 Å². The van der Waals surface area contributed by atoms with Crippen LogP contribution >= 0.6 is 0 Å². The second-order valence-corrected chi connectivity index (χ2v) is 9.13. The zero-order chi connectivity index (χ0) is 24.5. The van der Waals surface area contributed by atoms with Gasteiger partial charge in [-0.25, -0.2) is 9.97 Å². The van der Waals surface area contributed by atoms with Crippen molar-refractivity contribution in [2.24, 2.45) is 4.99 Å². The van der Waals surface area contributed by atoms with E-state index in [0.29, 0.717) is 0 Å². The van der Waals surface area contributed by atoms with Gasteiger partial charge < -0.3 is 14.9 Å². The summed E-state index contributed by atoms with van der Waals surface area (Å²) >= 11 is 0.